The first-order valence-electron chi connectivity index (χ1n) is 28.1. The highest BCUT2D eigenvalue weighted by molar-refractivity contribution is 6.22. The molecule has 0 amide bonds. The van der Waals surface area contributed by atoms with E-state index >= 15 is 0 Å². The maximum atomic E-state index is 6.20. The van der Waals surface area contributed by atoms with E-state index in [2.05, 4.69) is 197 Å². The Morgan fingerprint density at radius 3 is 1.64 bits per heavy atom. The fourth-order valence-electron chi connectivity index (χ4n) is 15.6. The van der Waals surface area contributed by atoms with Crippen LogP contribution in [0.1, 0.15) is 148 Å². The van der Waals surface area contributed by atoms with E-state index in [4.69, 9.17) is 9.97 Å². The summed E-state index contributed by atoms with van der Waals surface area (Å²) in [6.45, 7) is 13.9. The molecule has 2 aliphatic heterocycles. The zero-order valence-electron chi connectivity index (χ0n) is 44.0. The number of benzene rings is 5. The zero-order valence-corrected chi connectivity index (χ0v) is 44.0. The molecule has 7 aliphatic rings. The fraction of sp³-hybridized carbons (Fsp3) is 0.286. The number of hydrogen-bond donors (Lipinski definition) is 2. The molecule has 5 heterocycles. The summed E-state index contributed by atoms with van der Waals surface area (Å²) in [7, 11) is 0. The number of unbranched alkanes of at least 4 members (excludes halogenated alkanes) is 2. The minimum absolute atomic E-state index is 0.115. The first-order chi connectivity index (χ1) is 36.3. The summed E-state index contributed by atoms with van der Waals surface area (Å²) in [6.07, 6.45) is 20.6. The lowest BCUT2D eigenvalue weighted by molar-refractivity contribution is 0.151. The number of fused-ring (bicyclic) bond motifs is 12. The van der Waals surface area contributed by atoms with Crippen LogP contribution in [0.15, 0.2) is 146 Å². The van der Waals surface area contributed by atoms with Crippen LogP contribution < -0.4 is 0 Å². The molecule has 1 saturated carbocycles. The van der Waals surface area contributed by atoms with E-state index in [1.807, 2.05) is 0 Å². The Balaban J connectivity index is 1.16. The van der Waals surface area contributed by atoms with Gasteiger partial charge in [0.05, 0.1) is 33.6 Å². The van der Waals surface area contributed by atoms with E-state index < -0.39 is 10.8 Å². The summed E-state index contributed by atoms with van der Waals surface area (Å²) in [5, 5.41) is 2.67. The van der Waals surface area contributed by atoms with Gasteiger partial charge in [-0.25, -0.2) is 4.98 Å². The highest BCUT2D eigenvalue weighted by Crippen LogP contribution is 2.76. The van der Waals surface area contributed by atoms with Crippen LogP contribution in [0, 0.1) is 6.92 Å². The Morgan fingerprint density at radius 1 is 0.514 bits per heavy atom. The number of aryl methyl sites for hydroxylation is 4. The Morgan fingerprint density at radius 2 is 1.05 bits per heavy atom. The van der Waals surface area contributed by atoms with Crippen LogP contribution in [0.3, 0.4) is 0 Å². The summed E-state index contributed by atoms with van der Waals surface area (Å²) >= 11 is 0. The summed E-state index contributed by atoms with van der Waals surface area (Å²) < 4.78 is 0. The molecule has 2 N–H and O–H groups in total. The first kappa shape index (κ1) is 45.3. The number of rotatable bonds is 10. The average Bonchev–Trinajstić information content (AvgIpc) is 4.28. The van der Waals surface area contributed by atoms with E-state index in [1.54, 1.807) is 0 Å². The van der Waals surface area contributed by atoms with Gasteiger partial charge in [0.25, 0.3) is 0 Å². The number of H-pyrrole nitrogens is 2. The van der Waals surface area contributed by atoms with Crippen molar-refractivity contribution in [2.24, 2.45) is 0 Å². The molecule has 4 nitrogen and oxygen atoms in total. The van der Waals surface area contributed by atoms with Crippen LogP contribution in [0.2, 0.25) is 0 Å². The molecule has 366 valence electrons. The molecule has 15 rings (SSSR count). The van der Waals surface area contributed by atoms with Crippen LogP contribution in [0.5, 0.6) is 0 Å². The molecule has 0 radical (unpaired) electrons. The highest BCUT2D eigenvalue weighted by Gasteiger charge is 2.70. The summed E-state index contributed by atoms with van der Waals surface area (Å²) in [5.41, 5.74) is 30.4. The molecule has 4 atom stereocenters. The predicted octanol–water partition coefficient (Wildman–Crippen LogP) is 18.3. The standard InChI is InChI=1S/C70H66N4/c1-7-11-29-48-41(5)54-39-60-69-35-19-20-36-70(69,61(74-60)40-55-42(6)49(30-12-8-2)59(72-55)38-57-47(10-4)46(9-3)56(73-57)37-58(48)71-54)53-34-33-52(69)67-63(44-23-15-13-16-24-44)65-50-31-21-27-43-28-22-32-51(62(43)50)66(65)64(68(53)67)45-25-17-14-18-26-45/h13-28,31-32,35-40,52-53,71,73H,7-12,29-30,33-34H2,1-6H3. The second-order valence-electron chi connectivity index (χ2n) is 22.2. The van der Waals surface area contributed by atoms with Crippen molar-refractivity contribution in [2.45, 2.75) is 128 Å². The van der Waals surface area contributed by atoms with Gasteiger partial charge in [-0.2, -0.15) is 0 Å². The smallest absolute Gasteiger partial charge is 0.0693 e. The quantitative estimate of drug-likeness (QED) is 0.143. The van der Waals surface area contributed by atoms with Crippen molar-refractivity contribution in [3.8, 4) is 44.5 Å². The molecule has 8 aromatic rings. The lowest BCUT2D eigenvalue weighted by Gasteiger charge is -2.62. The Hall–Kier alpha value is -7.30. The molecular formula is C70H66N4. The number of aromatic nitrogens is 4. The first-order valence-corrected chi connectivity index (χ1v) is 28.1. The summed E-state index contributed by atoms with van der Waals surface area (Å²) in [4.78, 5) is 20.1. The number of allylic oxidation sites excluding steroid dienone is 6. The predicted molar refractivity (Wildman–Crippen MR) is 311 cm³/mol. The Bertz CT molecular complexity index is 3930. The van der Waals surface area contributed by atoms with Crippen LogP contribution >= 0.6 is 0 Å². The fourth-order valence-corrected chi connectivity index (χ4v) is 15.6. The third kappa shape index (κ3) is 6.09. The van der Waals surface area contributed by atoms with Crippen molar-refractivity contribution in [1.82, 2.24) is 19.9 Å². The van der Waals surface area contributed by atoms with Gasteiger partial charge in [0.2, 0.25) is 0 Å². The maximum Gasteiger partial charge on any atom is 0.0693 e. The van der Waals surface area contributed by atoms with Gasteiger partial charge in [-0.3, -0.25) is 4.98 Å². The van der Waals surface area contributed by atoms with E-state index in [0.717, 1.165) is 87.0 Å². The minimum Gasteiger partial charge on any atom is -0.355 e. The van der Waals surface area contributed by atoms with Crippen LogP contribution in [0.25, 0.3) is 88.5 Å². The molecule has 3 aromatic heterocycles. The molecule has 5 aromatic carbocycles. The molecule has 74 heavy (non-hydrogen) atoms. The normalized spacial score (nSPS) is 20.6. The van der Waals surface area contributed by atoms with Crippen molar-refractivity contribution in [1.29, 1.82) is 0 Å². The zero-order chi connectivity index (χ0) is 50.0. The molecule has 4 unspecified atom stereocenters. The lowest BCUT2D eigenvalue weighted by Crippen LogP contribution is -2.58. The van der Waals surface area contributed by atoms with E-state index in [1.165, 1.54) is 122 Å². The van der Waals surface area contributed by atoms with Crippen molar-refractivity contribution in [3.63, 3.8) is 0 Å². The summed E-state index contributed by atoms with van der Waals surface area (Å²) in [6, 6.07) is 46.7. The topological polar surface area (TPSA) is 57.4 Å². The molecule has 5 aliphatic carbocycles. The van der Waals surface area contributed by atoms with Gasteiger partial charge >= 0.3 is 0 Å². The largest absolute Gasteiger partial charge is 0.355 e. The lowest BCUT2D eigenvalue weighted by atomic mass is 9.39. The number of nitrogens with one attached hydrogen (secondary N) is 2. The van der Waals surface area contributed by atoms with E-state index in [0.29, 0.717) is 0 Å². The number of nitrogens with zero attached hydrogens (tertiary/aromatic N) is 2. The molecule has 0 saturated heterocycles. The van der Waals surface area contributed by atoms with Crippen LogP contribution in [0.4, 0.5) is 0 Å². The monoisotopic (exact) mass is 963 g/mol. The van der Waals surface area contributed by atoms with Gasteiger partial charge in [0.15, 0.2) is 0 Å². The second-order valence-corrected chi connectivity index (χ2v) is 22.2. The van der Waals surface area contributed by atoms with Gasteiger partial charge in [-0.05, 0) is 189 Å². The highest BCUT2D eigenvalue weighted by atomic mass is 14.9. The Kier molecular flexibility index (Phi) is 10.5. The maximum absolute atomic E-state index is 6.20. The van der Waals surface area contributed by atoms with Crippen molar-refractivity contribution in [3.05, 3.63) is 202 Å². The van der Waals surface area contributed by atoms with Gasteiger partial charge in [0, 0.05) is 33.9 Å². The third-order valence-corrected chi connectivity index (χ3v) is 18.8. The molecule has 10 bridgehead atoms. The molecule has 0 spiro atoms. The SMILES string of the molecule is CCCCC1=C(C)c2cc3nc(cc4[nH]c(cc5[nH]c(cc1n2)c(CC)c5CC)c(CCCC)c4C)C12C=CC=CC31C1CCC2c2c(-c3ccccc3)c3c(c(-c4ccccc4)c21)-c1cccc2cccc-3c12. The molecule has 1 fully saturated rings. The van der Waals surface area contributed by atoms with Crippen LogP contribution in [-0.4, -0.2) is 19.9 Å². The van der Waals surface area contributed by atoms with Crippen molar-refractivity contribution < 1.29 is 0 Å². The molecule has 4 heteroatoms. The van der Waals surface area contributed by atoms with Crippen molar-refractivity contribution in [2.75, 3.05) is 0 Å². The number of hydrogen-bond acceptors (Lipinski definition) is 2. The van der Waals surface area contributed by atoms with Crippen LogP contribution in [-0.2, 0) is 30.1 Å². The molecular weight excluding hydrogens is 897 g/mol. The third-order valence-electron chi connectivity index (χ3n) is 18.8. The van der Waals surface area contributed by atoms with E-state index in [9.17, 15) is 0 Å². The van der Waals surface area contributed by atoms with Gasteiger partial charge < -0.3 is 9.97 Å². The van der Waals surface area contributed by atoms with E-state index in [-0.39, 0.29) is 11.8 Å². The van der Waals surface area contributed by atoms with Crippen molar-refractivity contribution >= 4 is 44.0 Å². The van der Waals surface area contributed by atoms with Gasteiger partial charge in [0.1, 0.15) is 0 Å². The second kappa shape index (κ2) is 17.1. The van der Waals surface area contributed by atoms with Gasteiger partial charge in [-0.1, -0.05) is 162 Å². The minimum atomic E-state index is -0.487. The number of aromatic amines is 2. The van der Waals surface area contributed by atoms with Gasteiger partial charge in [-0.15, -0.1) is 0 Å². The summed E-state index contributed by atoms with van der Waals surface area (Å²) in [5.74, 6) is 0.233. The Labute approximate surface area is 436 Å². The average molecular weight is 963 g/mol.